The summed E-state index contributed by atoms with van der Waals surface area (Å²) in [4.78, 5) is 13.4. The summed E-state index contributed by atoms with van der Waals surface area (Å²) in [5.74, 6) is 0.0433. The van der Waals surface area contributed by atoms with E-state index in [9.17, 15) is 4.79 Å². The normalized spacial score (nSPS) is 32.2. The molecule has 1 saturated heterocycles. The molecule has 1 aliphatic heterocycles. The highest BCUT2D eigenvalue weighted by Gasteiger charge is 2.31. The summed E-state index contributed by atoms with van der Waals surface area (Å²) >= 11 is 0. The van der Waals surface area contributed by atoms with Gasteiger partial charge in [0, 0.05) is 6.04 Å². The van der Waals surface area contributed by atoms with Crippen LogP contribution in [-0.2, 0) is 4.79 Å². The van der Waals surface area contributed by atoms with Gasteiger partial charge < -0.3 is 0 Å². The summed E-state index contributed by atoms with van der Waals surface area (Å²) in [5, 5.41) is 0. The molecule has 0 bridgehead atoms. The average molecular weight is 171 g/mol. The average Bonchev–Trinajstić information content (AvgIpc) is 1.97. The fourth-order valence-electron chi connectivity index (χ4n) is 1.72. The van der Waals surface area contributed by atoms with Gasteiger partial charge in [0.1, 0.15) is 0 Å². The predicted molar refractivity (Wildman–Crippen MR) is 47.2 cm³/mol. The van der Waals surface area contributed by atoms with Crippen LogP contribution in [0.3, 0.4) is 0 Å². The zero-order valence-corrected chi connectivity index (χ0v) is 8.09. The molecule has 12 heavy (non-hydrogen) atoms. The molecule has 0 aromatic carbocycles. The first-order valence-corrected chi connectivity index (χ1v) is 4.37. The smallest absolute Gasteiger partial charge is 0.251 e. The highest BCUT2D eigenvalue weighted by molar-refractivity contribution is 5.81. The van der Waals surface area contributed by atoms with Crippen LogP contribution in [0.2, 0.25) is 0 Å². The summed E-state index contributed by atoms with van der Waals surface area (Å²) in [6, 6.07) is 0.342. The Morgan fingerprint density at radius 2 is 2.00 bits per heavy atom. The lowest BCUT2D eigenvalue weighted by Crippen LogP contribution is -2.66. The van der Waals surface area contributed by atoms with Crippen molar-refractivity contribution in [2.24, 2.45) is 0 Å². The van der Waals surface area contributed by atoms with Crippen molar-refractivity contribution in [2.75, 3.05) is 0 Å². The number of hydrazine groups is 1. The van der Waals surface area contributed by atoms with E-state index in [-0.39, 0.29) is 18.1 Å². The summed E-state index contributed by atoms with van der Waals surface area (Å²) < 4.78 is 0. The van der Waals surface area contributed by atoms with Gasteiger partial charge in [-0.25, -0.2) is 5.43 Å². The minimum absolute atomic E-state index is 0.0405. The van der Waals surface area contributed by atoms with Crippen LogP contribution in [-0.4, -0.2) is 29.1 Å². The fraction of sp³-hybridized carbons (Fsp3) is 0.875. The Bertz CT molecular complexity index is 181. The van der Waals surface area contributed by atoms with Crippen LogP contribution in [0.5, 0.6) is 0 Å². The maximum Gasteiger partial charge on any atom is 0.251 e. The molecule has 2 atom stereocenters. The number of rotatable bonds is 1. The topological polar surface area (TPSA) is 44.4 Å². The second kappa shape index (κ2) is 3.41. The largest absolute Gasteiger partial charge is 0.289 e. The molecule has 1 heterocycles. The molecular weight excluding hydrogens is 154 g/mol. The van der Waals surface area contributed by atoms with Crippen molar-refractivity contribution >= 4 is 5.91 Å². The quantitative estimate of drug-likeness (QED) is 0.586. The summed E-state index contributed by atoms with van der Waals surface area (Å²) in [6.07, 6.45) is 0.206. The number of carbonyl (C=O) groups is 1. The molecule has 2 unspecified atom stereocenters. The highest BCUT2D eigenvalue weighted by Crippen LogP contribution is 2.11. The molecule has 1 aliphatic rings. The molecule has 0 saturated carbocycles. The Morgan fingerprint density at radius 3 is 2.42 bits per heavy atom. The minimum Gasteiger partial charge on any atom is -0.289 e. The van der Waals surface area contributed by atoms with Gasteiger partial charge in [-0.05, 0) is 27.7 Å². The first-order valence-electron chi connectivity index (χ1n) is 4.37. The molecule has 1 rings (SSSR count). The van der Waals surface area contributed by atoms with Gasteiger partial charge in [0.25, 0.3) is 5.91 Å². The van der Waals surface area contributed by atoms with Gasteiger partial charge in [0.15, 0.2) is 0 Å². The van der Waals surface area contributed by atoms with E-state index in [4.69, 9.17) is 0 Å². The van der Waals surface area contributed by atoms with Crippen molar-refractivity contribution in [2.45, 2.75) is 45.9 Å². The van der Waals surface area contributed by atoms with Crippen LogP contribution in [0, 0.1) is 0 Å². The Morgan fingerprint density at radius 1 is 1.42 bits per heavy atom. The van der Waals surface area contributed by atoms with Gasteiger partial charge in [-0.3, -0.25) is 15.1 Å². The van der Waals surface area contributed by atoms with E-state index in [2.05, 4.69) is 29.6 Å². The lowest BCUT2D eigenvalue weighted by molar-refractivity contribution is -0.134. The molecule has 0 aromatic rings. The van der Waals surface area contributed by atoms with Crippen LogP contribution in [0.1, 0.15) is 27.7 Å². The molecule has 1 fully saturated rings. The molecular formula is C8H17N3O. The Balaban J connectivity index is 2.71. The van der Waals surface area contributed by atoms with Crippen LogP contribution in [0.4, 0.5) is 0 Å². The summed E-state index contributed by atoms with van der Waals surface area (Å²) in [6.45, 7) is 8.14. The third kappa shape index (κ3) is 1.59. The molecule has 4 heteroatoms. The zero-order chi connectivity index (χ0) is 9.30. The van der Waals surface area contributed by atoms with Crippen LogP contribution in [0.15, 0.2) is 0 Å². The standard InChI is InChI=1S/C8H17N3O/c1-5(2)11-6(3)8(12)10-9-7(11)4/h5-7,9H,1-4H3,(H,10,12). The number of hydrogen-bond donors (Lipinski definition) is 2. The van der Waals surface area contributed by atoms with E-state index < -0.39 is 0 Å². The lowest BCUT2D eigenvalue weighted by atomic mass is 10.1. The molecule has 2 N–H and O–H groups in total. The van der Waals surface area contributed by atoms with E-state index in [0.717, 1.165) is 0 Å². The SMILES string of the molecule is CC(C)N1C(C)NNC(=O)C1C. The number of carbonyl (C=O) groups excluding carboxylic acids is 1. The molecule has 4 nitrogen and oxygen atoms in total. The third-order valence-corrected chi connectivity index (χ3v) is 2.27. The Labute approximate surface area is 73.3 Å². The van der Waals surface area contributed by atoms with Gasteiger partial charge in [-0.15, -0.1) is 0 Å². The van der Waals surface area contributed by atoms with Gasteiger partial charge >= 0.3 is 0 Å². The zero-order valence-electron chi connectivity index (χ0n) is 8.09. The Hall–Kier alpha value is -0.610. The molecule has 0 spiro atoms. The van der Waals surface area contributed by atoms with E-state index >= 15 is 0 Å². The van der Waals surface area contributed by atoms with Gasteiger partial charge in [0.05, 0.1) is 12.2 Å². The molecule has 70 valence electrons. The molecule has 0 aromatic heterocycles. The maximum atomic E-state index is 11.2. The number of nitrogens with zero attached hydrogens (tertiary/aromatic N) is 1. The van der Waals surface area contributed by atoms with E-state index in [1.165, 1.54) is 0 Å². The van der Waals surface area contributed by atoms with Crippen molar-refractivity contribution in [1.29, 1.82) is 0 Å². The molecule has 0 aliphatic carbocycles. The van der Waals surface area contributed by atoms with Gasteiger partial charge in [-0.2, -0.15) is 0 Å². The van der Waals surface area contributed by atoms with Gasteiger partial charge in [0.2, 0.25) is 0 Å². The summed E-state index contributed by atoms with van der Waals surface area (Å²) in [5.41, 5.74) is 5.56. The van der Waals surface area contributed by atoms with E-state index in [1.54, 1.807) is 0 Å². The summed E-state index contributed by atoms with van der Waals surface area (Å²) in [7, 11) is 0. The van der Waals surface area contributed by atoms with Crippen molar-refractivity contribution in [3.05, 3.63) is 0 Å². The van der Waals surface area contributed by atoms with Crippen molar-refractivity contribution in [3.63, 3.8) is 0 Å². The van der Waals surface area contributed by atoms with Crippen LogP contribution >= 0.6 is 0 Å². The molecule has 1 amide bonds. The maximum absolute atomic E-state index is 11.2. The van der Waals surface area contributed by atoms with E-state index in [0.29, 0.717) is 6.04 Å². The minimum atomic E-state index is -0.0405. The second-order valence-corrected chi connectivity index (χ2v) is 3.53. The van der Waals surface area contributed by atoms with Gasteiger partial charge in [-0.1, -0.05) is 0 Å². The van der Waals surface area contributed by atoms with Crippen molar-refractivity contribution < 1.29 is 4.79 Å². The first kappa shape index (κ1) is 9.48. The van der Waals surface area contributed by atoms with Crippen LogP contribution in [0.25, 0.3) is 0 Å². The monoisotopic (exact) mass is 171 g/mol. The molecule has 0 radical (unpaired) electrons. The number of hydrogen-bond acceptors (Lipinski definition) is 3. The number of amides is 1. The lowest BCUT2D eigenvalue weighted by Gasteiger charge is -2.41. The van der Waals surface area contributed by atoms with E-state index in [1.807, 2.05) is 13.8 Å². The third-order valence-electron chi connectivity index (χ3n) is 2.27. The second-order valence-electron chi connectivity index (χ2n) is 3.53. The number of nitrogens with one attached hydrogen (secondary N) is 2. The Kier molecular flexibility index (Phi) is 2.69. The highest BCUT2D eigenvalue weighted by atomic mass is 16.2. The van der Waals surface area contributed by atoms with Crippen LogP contribution < -0.4 is 10.9 Å². The van der Waals surface area contributed by atoms with Crippen molar-refractivity contribution in [3.8, 4) is 0 Å². The fourth-order valence-corrected chi connectivity index (χ4v) is 1.72. The van der Waals surface area contributed by atoms with Crippen molar-refractivity contribution in [1.82, 2.24) is 15.8 Å². The first-order chi connectivity index (χ1) is 5.54. The predicted octanol–water partition coefficient (Wildman–Crippen LogP) is 0.0657.